The van der Waals surface area contributed by atoms with Crippen molar-refractivity contribution in [2.24, 2.45) is 0 Å². The minimum absolute atomic E-state index is 0. The smallest absolute Gasteiger partial charge is 0.264 e. The lowest BCUT2D eigenvalue weighted by Crippen LogP contribution is -2.61. The molecule has 0 spiro atoms. The molecule has 1 aliphatic rings. The van der Waals surface area contributed by atoms with Crippen LogP contribution < -0.4 is 0 Å². The van der Waals surface area contributed by atoms with Crippen molar-refractivity contribution in [1.82, 2.24) is 4.90 Å². The van der Waals surface area contributed by atoms with Crippen LogP contribution in [0.4, 0.5) is 0 Å². The molecule has 0 aliphatic carbocycles. The molecule has 0 unspecified atom stereocenters. The molecule has 1 fully saturated rings. The first-order valence-electron chi connectivity index (χ1n) is 9.82. The third kappa shape index (κ3) is 5.41. The Morgan fingerprint density at radius 2 is 1.47 bits per heavy atom. The van der Waals surface area contributed by atoms with Gasteiger partial charge in [-0.3, -0.25) is 9.08 Å². The fraction of sp³-hybridized carbons (Fsp3) is 0.435. The molecule has 0 amide bonds. The topological polar surface area (TPSA) is 70.4 Å². The molecule has 7 heteroatoms. The molecule has 0 saturated carbocycles. The van der Waals surface area contributed by atoms with Gasteiger partial charge in [0.25, 0.3) is 10.1 Å². The van der Waals surface area contributed by atoms with Gasteiger partial charge in [-0.05, 0) is 37.8 Å². The van der Waals surface area contributed by atoms with Crippen LogP contribution in [-0.4, -0.2) is 44.3 Å². The van der Waals surface area contributed by atoms with Gasteiger partial charge in [0.15, 0.2) is 0 Å². The zero-order valence-corrected chi connectivity index (χ0v) is 19.2. The average molecular weight is 449 g/mol. The molecule has 2 aromatic carbocycles. The monoisotopic (exact) mass is 448 g/mol. The van der Waals surface area contributed by atoms with E-state index in [1.54, 1.807) is 0 Å². The average Bonchev–Trinajstić information content (AvgIpc) is 2.66. The summed E-state index contributed by atoms with van der Waals surface area (Å²) in [5, 5.41) is 10.3. The van der Waals surface area contributed by atoms with E-state index in [2.05, 4.69) is 24.8 Å². The summed E-state index contributed by atoms with van der Waals surface area (Å²) < 4.78 is 27.7. The second kappa shape index (κ2) is 9.49. The Bertz CT molecular complexity index is 927. The molecule has 1 heterocycles. The standard InChI is InChI=1S/C23H28N2O3S.ClH/c1-22(2,25-16-21(17-25)28-29(3,26)27)14-15-23(18-24,19-10-6-4-7-11-19)20-12-8-5-9-13-20;/h4-13,21H,14-17H2,1-3H3;1H. The molecule has 1 aliphatic heterocycles. The van der Waals surface area contributed by atoms with E-state index in [9.17, 15) is 13.7 Å². The first kappa shape index (κ1) is 24.4. The van der Waals surface area contributed by atoms with Crippen molar-refractivity contribution in [3.8, 4) is 6.07 Å². The fourth-order valence-corrected chi connectivity index (χ4v) is 4.59. The van der Waals surface area contributed by atoms with Gasteiger partial charge < -0.3 is 0 Å². The first-order valence-corrected chi connectivity index (χ1v) is 11.6. The third-order valence-electron chi connectivity index (χ3n) is 5.85. The highest BCUT2D eigenvalue weighted by molar-refractivity contribution is 7.86. The van der Waals surface area contributed by atoms with Crippen LogP contribution in [0.15, 0.2) is 60.7 Å². The summed E-state index contributed by atoms with van der Waals surface area (Å²) in [5.74, 6) is 0. The zero-order valence-electron chi connectivity index (χ0n) is 17.6. The largest absolute Gasteiger partial charge is 0.293 e. The Balaban J connectivity index is 0.00000320. The van der Waals surface area contributed by atoms with Crippen molar-refractivity contribution in [1.29, 1.82) is 5.26 Å². The van der Waals surface area contributed by atoms with Crippen LogP contribution in [0.1, 0.15) is 37.8 Å². The highest BCUT2D eigenvalue weighted by Crippen LogP contribution is 2.39. The third-order valence-corrected chi connectivity index (χ3v) is 6.47. The molecular formula is C23H29ClN2O3S. The quantitative estimate of drug-likeness (QED) is 0.567. The van der Waals surface area contributed by atoms with Crippen molar-refractivity contribution in [3.05, 3.63) is 71.8 Å². The van der Waals surface area contributed by atoms with E-state index in [1.807, 2.05) is 60.7 Å². The summed E-state index contributed by atoms with van der Waals surface area (Å²) in [6, 6.07) is 22.5. The summed E-state index contributed by atoms with van der Waals surface area (Å²) >= 11 is 0. The molecule has 3 rings (SSSR count). The van der Waals surface area contributed by atoms with E-state index in [0.717, 1.165) is 23.8 Å². The zero-order chi connectivity index (χ0) is 21.1. The van der Waals surface area contributed by atoms with Gasteiger partial charge in [0.1, 0.15) is 11.5 Å². The van der Waals surface area contributed by atoms with Gasteiger partial charge >= 0.3 is 0 Å². The number of nitrogens with zero attached hydrogens (tertiary/aromatic N) is 2. The normalized spacial score (nSPS) is 15.7. The van der Waals surface area contributed by atoms with Crippen LogP contribution in [0.2, 0.25) is 0 Å². The van der Waals surface area contributed by atoms with E-state index in [1.165, 1.54) is 0 Å². The van der Waals surface area contributed by atoms with Crippen LogP contribution >= 0.6 is 12.4 Å². The lowest BCUT2D eigenvalue weighted by molar-refractivity contribution is -0.0434. The second-order valence-electron chi connectivity index (χ2n) is 8.39. The number of likely N-dealkylation sites (tertiary alicyclic amines) is 1. The summed E-state index contributed by atoms with van der Waals surface area (Å²) in [7, 11) is -3.43. The van der Waals surface area contributed by atoms with Gasteiger partial charge in [-0.25, -0.2) is 0 Å². The Hall–Kier alpha value is -1.91. The van der Waals surface area contributed by atoms with E-state index in [-0.39, 0.29) is 24.0 Å². The van der Waals surface area contributed by atoms with Crippen molar-refractivity contribution in [2.45, 2.75) is 43.7 Å². The number of hydrogen-bond donors (Lipinski definition) is 0. The van der Waals surface area contributed by atoms with Crippen molar-refractivity contribution in [2.75, 3.05) is 19.3 Å². The number of hydrogen-bond acceptors (Lipinski definition) is 5. The molecule has 0 N–H and O–H groups in total. The summed E-state index contributed by atoms with van der Waals surface area (Å²) in [5.41, 5.74) is 1.08. The Morgan fingerprint density at radius 3 is 1.87 bits per heavy atom. The van der Waals surface area contributed by atoms with E-state index in [0.29, 0.717) is 19.5 Å². The highest BCUT2D eigenvalue weighted by Gasteiger charge is 2.42. The molecule has 2 aromatic rings. The van der Waals surface area contributed by atoms with E-state index < -0.39 is 15.5 Å². The molecule has 0 atom stereocenters. The summed E-state index contributed by atoms with van der Waals surface area (Å²) in [6.45, 7) is 5.44. The van der Waals surface area contributed by atoms with Crippen LogP contribution in [0.5, 0.6) is 0 Å². The highest BCUT2D eigenvalue weighted by atomic mass is 35.5. The van der Waals surface area contributed by atoms with Gasteiger partial charge in [0.05, 0.1) is 12.3 Å². The number of nitriles is 1. The second-order valence-corrected chi connectivity index (χ2v) is 9.99. The molecule has 0 radical (unpaired) electrons. The van der Waals surface area contributed by atoms with Crippen molar-refractivity contribution < 1.29 is 12.6 Å². The van der Waals surface area contributed by atoms with Gasteiger partial charge in [-0.2, -0.15) is 13.7 Å². The Kier molecular flexibility index (Phi) is 7.70. The van der Waals surface area contributed by atoms with E-state index >= 15 is 0 Å². The van der Waals surface area contributed by atoms with Crippen molar-refractivity contribution >= 4 is 22.5 Å². The maximum Gasteiger partial charge on any atom is 0.264 e. The molecule has 0 bridgehead atoms. The Morgan fingerprint density at radius 1 is 1.00 bits per heavy atom. The lowest BCUT2D eigenvalue weighted by Gasteiger charge is -2.49. The minimum atomic E-state index is -3.43. The number of halogens is 1. The lowest BCUT2D eigenvalue weighted by atomic mass is 9.70. The van der Waals surface area contributed by atoms with Gasteiger partial charge in [0.2, 0.25) is 0 Å². The minimum Gasteiger partial charge on any atom is -0.293 e. The van der Waals surface area contributed by atoms with Crippen LogP contribution in [0.25, 0.3) is 0 Å². The maximum atomic E-state index is 11.3. The fourth-order valence-electron chi connectivity index (χ4n) is 3.98. The van der Waals surface area contributed by atoms with Crippen LogP contribution in [0.3, 0.4) is 0 Å². The SMILES string of the molecule is CC(C)(CCC(C#N)(c1ccccc1)c1ccccc1)N1CC(OS(C)(=O)=O)C1.Cl. The molecule has 0 aromatic heterocycles. The summed E-state index contributed by atoms with van der Waals surface area (Å²) in [4.78, 5) is 2.22. The van der Waals surface area contributed by atoms with Crippen LogP contribution in [-0.2, 0) is 19.7 Å². The first-order chi connectivity index (χ1) is 13.7. The van der Waals surface area contributed by atoms with Gasteiger partial charge in [-0.1, -0.05) is 60.7 Å². The number of benzene rings is 2. The molecule has 30 heavy (non-hydrogen) atoms. The molecule has 5 nitrogen and oxygen atoms in total. The molecule has 162 valence electrons. The maximum absolute atomic E-state index is 11.3. The van der Waals surface area contributed by atoms with Crippen LogP contribution in [0, 0.1) is 11.3 Å². The Labute approximate surface area is 186 Å². The van der Waals surface area contributed by atoms with Gasteiger partial charge in [0, 0.05) is 18.6 Å². The number of rotatable bonds is 8. The van der Waals surface area contributed by atoms with Gasteiger partial charge in [-0.15, -0.1) is 12.4 Å². The predicted molar refractivity (Wildman–Crippen MR) is 121 cm³/mol. The predicted octanol–water partition coefficient (Wildman–Crippen LogP) is 4.14. The van der Waals surface area contributed by atoms with E-state index in [4.69, 9.17) is 4.18 Å². The molecular weight excluding hydrogens is 420 g/mol. The molecule has 1 saturated heterocycles. The summed E-state index contributed by atoms with van der Waals surface area (Å²) in [6.07, 6.45) is 2.25. The van der Waals surface area contributed by atoms with Crippen molar-refractivity contribution in [3.63, 3.8) is 0 Å².